The van der Waals surface area contributed by atoms with Crippen LogP contribution in [0.1, 0.15) is 19.5 Å². The maximum Gasteiger partial charge on any atom is 0.224 e. The van der Waals surface area contributed by atoms with Crippen molar-refractivity contribution in [2.45, 2.75) is 26.4 Å². The summed E-state index contributed by atoms with van der Waals surface area (Å²) in [6, 6.07) is 2.90. The zero-order valence-electron chi connectivity index (χ0n) is 14.5. The molecule has 0 aromatic carbocycles. The second-order valence-corrected chi connectivity index (χ2v) is 6.21. The van der Waals surface area contributed by atoms with Crippen LogP contribution in [-0.4, -0.2) is 46.8 Å². The van der Waals surface area contributed by atoms with Gasteiger partial charge in [0.1, 0.15) is 5.82 Å². The van der Waals surface area contributed by atoms with Crippen LogP contribution in [0, 0.1) is 11.7 Å². The standard InChI is InChI=1S/C17H24FN5O/c1-11(2)16(10-24)19-9-15-13(18)5-6-14(22-15)12-7-20-17(21-8-12)23(3)4/h5-8,11,16,19,24H,9-10H2,1-4H3/t16-/m0/s1. The normalized spacial score (nSPS) is 12.5. The first-order valence-corrected chi connectivity index (χ1v) is 7.91. The molecule has 2 aromatic rings. The van der Waals surface area contributed by atoms with E-state index in [1.807, 2.05) is 27.9 Å². The average molecular weight is 333 g/mol. The van der Waals surface area contributed by atoms with Gasteiger partial charge in [0.2, 0.25) is 5.95 Å². The van der Waals surface area contributed by atoms with E-state index in [1.165, 1.54) is 6.07 Å². The average Bonchev–Trinajstić information content (AvgIpc) is 2.56. The van der Waals surface area contributed by atoms with E-state index in [2.05, 4.69) is 20.3 Å². The Morgan fingerprint density at radius 2 is 1.88 bits per heavy atom. The molecule has 130 valence electrons. The van der Waals surface area contributed by atoms with Gasteiger partial charge in [-0.1, -0.05) is 13.8 Å². The predicted molar refractivity (Wildman–Crippen MR) is 92.1 cm³/mol. The number of anilines is 1. The minimum atomic E-state index is -0.377. The van der Waals surface area contributed by atoms with Crippen LogP contribution in [0.2, 0.25) is 0 Å². The number of aromatic nitrogens is 3. The van der Waals surface area contributed by atoms with Gasteiger partial charge in [-0.3, -0.25) is 0 Å². The van der Waals surface area contributed by atoms with Gasteiger partial charge in [-0.15, -0.1) is 0 Å². The van der Waals surface area contributed by atoms with Gasteiger partial charge in [0, 0.05) is 44.6 Å². The fourth-order valence-corrected chi connectivity index (χ4v) is 2.19. The summed E-state index contributed by atoms with van der Waals surface area (Å²) in [5, 5.41) is 12.5. The topological polar surface area (TPSA) is 74.2 Å². The van der Waals surface area contributed by atoms with E-state index in [4.69, 9.17) is 0 Å². The second kappa shape index (κ2) is 8.12. The van der Waals surface area contributed by atoms with Crippen LogP contribution in [0.5, 0.6) is 0 Å². The maximum atomic E-state index is 14.0. The van der Waals surface area contributed by atoms with Crippen LogP contribution in [0.3, 0.4) is 0 Å². The van der Waals surface area contributed by atoms with E-state index in [-0.39, 0.29) is 30.9 Å². The Morgan fingerprint density at radius 3 is 2.42 bits per heavy atom. The second-order valence-electron chi connectivity index (χ2n) is 6.21. The summed E-state index contributed by atoms with van der Waals surface area (Å²) >= 11 is 0. The Kier molecular flexibility index (Phi) is 6.16. The molecule has 2 heterocycles. The highest BCUT2D eigenvalue weighted by Crippen LogP contribution is 2.18. The van der Waals surface area contributed by atoms with E-state index >= 15 is 0 Å². The van der Waals surface area contributed by atoms with Crippen molar-refractivity contribution >= 4 is 5.95 Å². The van der Waals surface area contributed by atoms with E-state index < -0.39 is 0 Å². The summed E-state index contributed by atoms with van der Waals surface area (Å²) in [6.07, 6.45) is 3.34. The lowest BCUT2D eigenvalue weighted by atomic mass is 10.1. The number of hydrogen-bond donors (Lipinski definition) is 2. The van der Waals surface area contributed by atoms with Crippen molar-refractivity contribution in [1.29, 1.82) is 0 Å². The third kappa shape index (κ3) is 4.46. The van der Waals surface area contributed by atoms with Crippen molar-refractivity contribution in [1.82, 2.24) is 20.3 Å². The molecule has 2 rings (SSSR count). The van der Waals surface area contributed by atoms with Crippen LogP contribution < -0.4 is 10.2 Å². The molecule has 1 atom stereocenters. The summed E-state index contributed by atoms with van der Waals surface area (Å²) in [5.74, 6) is 0.469. The number of aliphatic hydroxyl groups excluding tert-OH is 1. The maximum absolute atomic E-state index is 14.0. The smallest absolute Gasteiger partial charge is 0.224 e. The molecule has 2 N–H and O–H groups in total. The van der Waals surface area contributed by atoms with Gasteiger partial charge in [0.25, 0.3) is 0 Å². The molecule has 0 amide bonds. The van der Waals surface area contributed by atoms with E-state index in [1.54, 1.807) is 23.4 Å². The number of aliphatic hydroxyl groups is 1. The minimum absolute atomic E-state index is 0.00118. The molecule has 0 aliphatic carbocycles. The zero-order valence-corrected chi connectivity index (χ0v) is 14.5. The summed E-state index contributed by atoms with van der Waals surface area (Å²) in [7, 11) is 3.72. The number of hydrogen-bond acceptors (Lipinski definition) is 6. The van der Waals surface area contributed by atoms with Gasteiger partial charge in [0.15, 0.2) is 0 Å². The first-order valence-electron chi connectivity index (χ1n) is 7.91. The fraction of sp³-hybridized carbons (Fsp3) is 0.471. The lowest BCUT2D eigenvalue weighted by Gasteiger charge is -2.20. The molecule has 24 heavy (non-hydrogen) atoms. The Bertz CT molecular complexity index is 661. The monoisotopic (exact) mass is 333 g/mol. The van der Waals surface area contributed by atoms with Gasteiger partial charge in [-0.2, -0.15) is 0 Å². The summed E-state index contributed by atoms with van der Waals surface area (Å²) in [4.78, 5) is 14.7. The summed E-state index contributed by atoms with van der Waals surface area (Å²) in [5.41, 5.74) is 1.65. The number of halogens is 1. The lowest BCUT2D eigenvalue weighted by Crippen LogP contribution is -2.36. The van der Waals surface area contributed by atoms with Gasteiger partial charge in [0.05, 0.1) is 18.0 Å². The molecule has 6 nitrogen and oxygen atoms in total. The van der Waals surface area contributed by atoms with Crippen molar-refractivity contribution < 1.29 is 9.50 Å². The van der Waals surface area contributed by atoms with Crippen molar-refractivity contribution in [3.63, 3.8) is 0 Å². The molecule has 0 saturated heterocycles. The first kappa shape index (κ1) is 18.2. The molecular formula is C17H24FN5O. The summed E-state index contributed by atoms with van der Waals surface area (Å²) < 4.78 is 14.0. The first-order chi connectivity index (χ1) is 11.4. The van der Waals surface area contributed by atoms with Crippen molar-refractivity contribution in [2.75, 3.05) is 25.6 Å². The molecule has 0 radical (unpaired) electrons. The van der Waals surface area contributed by atoms with Crippen LogP contribution in [0.4, 0.5) is 10.3 Å². The molecule has 0 saturated carbocycles. The molecule has 0 fully saturated rings. The SMILES string of the molecule is CC(C)[C@H](CO)NCc1nc(-c2cnc(N(C)C)nc2)ccc1F. The molecule has 0 spiro atoms. The lowest BCUT2D eigenvalue weighted by molar-refractivity contribution is 0.209. The van der Waals surface area contributed by atoms with Crippen LogP contribution >= 0.6 is 0 Å². The van der Waals surface area contributed by atoms with Crippen LogP contribution in [-0.2, 0) is 6.54 Å². The van der Waals surface area contributed by atoms with Crippen molar-refractivity contribution in [3.05, 3.63) is 36.0 Å². The fourth-order valence-electron chi connectivity index (χ4n) is 2.19. The Labute approximate surface area is 141 Å². The van der Waals surface area contributed by atoms with Crippen LogP contribution in [0.25, 0.3) is 11.3 Å². The third-order valence-corrected chi connectivity index (χ3v) is 3.79. The molecule has 0 unspecified atom stereocenters. The largest absolute Gasteiger partial charge is 0.395 e. The van der Waals surface area contributed by atoms with E-state index in [0.29, 0.717) is 17.3 Å². The number of rotatable bonds is 7. The van der Waals surface area contributed by atoms with E-state index in [0.717, 1.165) is 5.56 Å². The zero-order chi connectivity index (χ0) is 17.7. The Hall–Kier alpha value is -2.12. The van der Waals surface area contributed by atoms with Gasteiger partial charge in [-0.25, -0.2) is 19.3 Å². The Morgan fingerprint density at radius 1 is 1.21 bits per heavy atom. The highest BCUT2D eigenvalue weighted by Gasteiger charge is 2.14. The summed E-state index contributed by atoms with van der Waals surface area (Å²) in [6.45, 7) is 4.24. The van der Waals surface area contributed by atoms with Crippen molar-refractivity contribution in [2.24, 2.45) is 5.92 Å². The quantitative estimate of drug-likeness (QED) is 0.805. The highest BCUT2D eigenvalue weighted by molar-refractivity contribution is 5.57. The number of pyridine rings is 1. The third-order valence-electron chi connectivity index (χ3n) is 3.79. The molecule has 7 heteroatoms. The number of nitrogens with one attached hydrogen (secondary N) is 1. The van der Waals surface area contributed by atoms with Gasteiger partial charge >= 0.3 is 0 Å². The number of nitrogens with zero attached hydrogens (tertiary/aromatic N) is 4. The molecule has 2 aromatic heterocycles. The molecular weight excluding hydrogens is 309 g/mol. The molecule has 0 bridgehead atoms. The van der Waals surface area contributed by atoms with Gasteiger partial charge in [-0.05, 0) is 18.1 Å². The van der Waals surface area contributed by atoms with Gasteiger partial charge < -0.3 is 15.3 Å². The van der Waals surface area contributed by atoms with Crippen molar-refractivity contribution in [3.8, 4) is 11.3 Å². The minimum Gasteiger partial charge on any atom is -0.395 e. The Balaban J connectivity index is 2.18. The van der Waals surface area contributed by atoms with E-state index in [9.17, 15) is 9.50 Å². The predicted octanol–water partition coefficient (Wildman–Crippen LogP) is 1.85. The van der Waals surface area contributed by atoms with Crippen LogP contribution in [0.15, 0.2) is 24.5 Å². The molecule has 0 aliphatic rings. The molecule has 0 aliphatic heterocycles. The highest BCUT2D eigenvalue weighted by atomic mass is 19.1.